The van der Waals surface area contributed by atoms with Gasteiger partial charge in [-0.25, -0.2) is 15.0 Å². The van der Waals surface area contributed by atoms with Crippen molar-refractivity contribution in [1.29, 1.82) is 0 Å². The molecule has 1 aromatic carbocycles. The van der Waals surface area contributed by atoms with Crippen LogP contribution in [-0.4, -0.2) is 47.2 Å². The van der Waals surface area contributed by atoms with Gasteiger partial charge in [-0.05, 0) is 19.4 Å². The van der Waals surface area contributed by atoms with Gasteiger partial charge in [0.1, 0.15) is 17.0 Å². The van der Waals surface area contributed by atoms with Gasteiger partial charge in [0, 0.05) is 37.1 Å². The van der Waals surface area contributed by atoms with Crippen molar-refractivity contribution < 1.29 is 9.53 Å². The van der Waals surface area contributed by atoms with Crippen LogP contribution in [0.3, 0.4) is 0 Å². The first-order valence-electron chi connectivity index (χ1n) is 10.3. The number of rotatable bonds is 9. The Morgan fingerprint density at radius 2 is 2.03 bits per heavy atom. The van der Waals surface area contributed by atoms with E-state index in [0.717, 1.165) is 37.9 Å². The van der Waals surface area contributed by atoms with Gasteiger partial charge >= 0.3 is 0 Å². The first-order valence-corrected chi connectivity index (χ1v) is 12.0. The van der Waals surface area contributed by atoms with Crippen molar-refractivity contribution in [3.63, 3.8) is 0 Å². The number of methoxy groups -OCH3 is 1. The SMILES string of the molecule is COC[C@@H](C)Nc1ncnc2sc(C(=O)NCCc3nc(-c4ccccc4)cs3)c(C)c12. The van der Waals surface area contributed by atoms with Gasteiger partial charge in [-0.15, -0.1) is 22.7 Å². The molecule has 0 aliphatic rings. The highest BCUT2D eigenvalue weighted by Crippen LogP contribution is 2.33. The first-order chi connectivity index (χ1) is 15.6. The van der Waals surface area contributed by atoms with E-state index in [4.69, 9.17) is 4.74 Å². The van der Waals surface area contributed by atoms with Gasteiger partial charge in [-0.3, -0.25) is 4.79 Å². The normalized spacial score (nSPS) is 12.1. The van der Waals surface area contributed by atoms with Crippen molar-refractivity contribution in [2.24, 2.45) is 0 Å². The van der Waals surface area contributed by atoms with E-state index < -0.39 is 0 Å². The maximum Gasteiger partial charge on any atom is 0.261 e. The Balaban J connectivity index is 1.42. The maximum atomic E-state index is 12.9. The Hall–Kier alpha value is -2.88. The molecule has 0 saturated heterocycles. The van der Waals surface area contributed by atoms with E-state index >= 15 is 0 Å². The summed E-state index contributed by atoms with van der Waals surface area (Å²) in [5, 5.41) is 10.3. The molecule has 7 nitrogen and oxygen atoms in total. The smallest absolute Gasteiger partial charge is 0.261 e. The molecule has 0 aliphatic carbocycles. The zero-order chi connectivity index (χ0) is 22.5. The molecule has 0 spiro atoms. The molecule has 3 aromatic heterocycles. The molecule has 0 bridgehead atoms. The Morgan fingerprint density at radius 3 is 2.81 bits per heavy atom. The van der Waals surface area contributed by atoms with Gasteiger partial charge in [-0.2, -0.15) is 0 Å². The molecule has 4 rings (SSSR count). The fourth-order valence-corrected chi connectivity index (χ4v) is 5.33. The number of aromatic nitrogens is 3. The van der Waals surface area contributed by atoms with Crippen molar-refractivity contribution in [2.45, 2.75) is 26.3 Å². The number of nitrogens with zero attached hydrogens (tertiary/aromatic N) is 3. The highest BCUT2D eigenvalue weighted by molar-refractivity contribution is 7.20. The second-order valence-electron chi connectivity index (χ2n) is 7.46. The lowest BCUT2D eigenvalue weighted by molar-refractivity contribution is 0.0957. The molecule has 0 saturated carbocycles. The second kappa shape index (κ2) is 10.2. The number of fused-ring (bicyclic) bond motifs is 1. The van der Waals surface area contributed by atoms with Crippen molar-refractivity contribution >= 4 is 44.6 Å². The van der Waals surface area contributed by atoms with Gasteiger partial charge in [-0.1, -0.05) is 30.3 Å². The van der Waals surface area contributed by atoms with Crippen molar-refractivity contribution in [2.75, 3.05) is 25.6 Å². The molecule has 4 aromatic rings. The Labute approximate surface area is 194 Å². The van der Waals surface area contributed by atoms with Crippen LogP contribution in [-0.2, 0) is 11.2 Å². The van der Waals surface area contributed by atoms with Crippen LogP contribution in [0.2, 0.25) is 0 Å². The molecule has 166 valence electrons. The molecule has 1 atom stereocenters. The van der Waals surface area contributed by atoms with E-state index in [-0.39, 0.29) is 11.9 Å². The van der Waals surface area contributed by atoms with E-state index in [2.05, 4.69) is 31.0 Å². The van der Waals surface area contributed by atoms with Gasteiger partial charge in [0.2, 0.25) is 0 Å². The molecular weight excluding hydrogens is 442 g/mol. The number of thiophene rings is 1. The topological polar surface area (TPSA) is 89.0 Å². The van der Waals surface area contributed by atoms with E-state index in [1.807, 2.05) is 44.2 Å². The Kier molecular flexibility index (Phi) is 7.09. The molecule has 0 fully saturated rings. The molecule has 0 unspecified atom stereocenters. The summed E-state index contributed by atoms with van der Waals surface area (Å²) < 4.78 is 5.20. The zero-order valence-corrected chi connectivity index (χ0v) is 19.8. The number of ether oxygens (including phenoxy) is 1. The van der Waals surface area contributed by atoms with E-state index in [1.165, 1.54) is 17.7 Å². The quantitative estimate of drug-likeness (QED) is 0.376. The van der Waals surface area contributed by atoms with Gasteiger partial charge in [0.05, 0.1) is 27.6 Å². The predicted molar refractivity (Wildman–Crippen MR) is 131 cm³/mol. The highest BCUT2D eigenvalue weighted by atomic mass is 32.1. The third-order valence-electron chi connectivity index (χ3n) is 4.98. The Morgan fingerprint density at radius 1 is 1.22 bits per heavy atom. The summed E-state index contributed by atoms with van der Waals surface area (Å²) in [6, 6.07) is 10.2. The number of thiazole rings is 1. The van der Waals surface area contributed by atoms with Crippen LogP contribution in [0.4, 0.5) is 5.82 Å². The summed E-state index contributed by atoms with van der Waals surface area (Å²) in [4.78, 5) is 27.8. The lowest BCUT2D eigenvalue weighted by atomic mass is 10.2. The molecule has 9 heteroatoms. The molecule has 1 amide bonds. The van der Waals surface area contributed by atoms with Crippen molar-refractivity contribution in [1.82, 2.24) is 20.3 Å². The molecule has 2 N–H and O–H groups in total. The number of aryl methyl sites for hydroxylation is 1. The van der Waals surface area contributed by atoms with Crippen LogP contribution in [0.5, 0.6) is 0 Å². The Bertz CT molecular complexity index is 1210. The highest BCUT2D eigenvalue weighted by Gasteiger charge is 2.20. The summed E-state index contributed by atoms with van der Waals surface area (Å²) >= 11 is 3.00. The standard InChI is InChI=1S/C23H25N5O2S2/c1-14(11-30-3)27-21-19-15(2)20(32-23(19)26-13-25-21)22(29)24-10-9-18-28-17(12-31-18)16-7-5-4-6-8-16/h4-8,12-14H,9-11H2,1-3H3,(H,24,29)(H,25,26,27)/t14-/m1/s1. The summed E-state index contributed by atoms with van der Waals surface area (Å²) in [5.41, 5.74) is 2.96. The summed E-state index contributed by atoms with van der Waals surface area (Å²) in [5.74, 6) is 0.629. The van der Waals surface area contributed by atoms with Crippen LogP contribution in [0, 0.1) is 6.92 Å². The van der Waals surface area contributed by atoms with Crippen LogP contribution in [0.1, 0.15) is 27.2 Å². The lowest BCUT2D eigenvalue weighted by Crippen LogP contribution is -2.25. The van der Waals surface area contributed by atoms with Crippen LogP contribution < -0.4 is 10.6 Å². The minimum absolute atomic E-state index is 0.0914. The zero-order valence-electron chi connectivity index (χ0n) is 18.2. The summed E-state index contributed by atoms with van der Waals surface area (Å²) in [6.45, 7) is 5.05. The molecule has 32 heavy (non-hydrogen) atoms. The number of amides is 1. The lowest BCUT2D eigenvalue weighted by Gasteiger charge is -2.14. The third-order valence-corrected chi connectivity index (χ3v) is 7.09. The number of carbonyl (C=O) groups excluding carboxylic acids is 1. The van der Waals surface area contributed by atoms with Gasteiger partial charge in [0.25, 0.3) is 5.91 Å². The average Bonchev–Trinajstić information content (AvgIpc) is 3.40. The minimum atomic E-state index is -0.0961. The fourth-order valence-electron chi connectivity index (χ4n) is 3.45. The molecule has 0 radical (unpaired) electrons. The fraction of sp³-hybridized carbons (Fsp3) is 0.304. The summed E-state index contributed by atoms with van der Waals surface area (Å²) in [7, 11) is 1.67. The molecule has 0 aliphatic heterocycles. The van der Waals surface area contributed by atoms with Crippen LogP contribution in [0.25, 0.3) is 21.5 Å². The average molecular weight is 468 g/mol. The first kappa shape index (κ1) is 22.3. The predicted octanol–water partition coefficient (Wildman–Crippen LogP) is 4.54. The van der Waals surface area contributed by atoms with E-state index in [1.54, 1.807) is 18.4 Å². The number of hydrogen-bond donors (Lipinski definition) is 2. The number of nitrogens with one attached hydrogen (secondary N) is 2. The van der Waals surface area contributed by atoms with Crippen molar-refractivity contribution in [3.05, 3.63) is 57.5 Å². The minimum Gasteiger partial charge on any atom is -0.383 e. The number of benzene rings is 1. The number of anilines is 1. The van der Waals surface area contributed by atoms with Crippen LogP contribution >= 0.6 is 22.7 Å². The number of hydrogen-bond acceptors (Lipinski definition) is 8. The summed E-state index contributed by atoms with van der Waals surface area (Å²) in [6.07, 6.45) is 2.21. The van der Waals surface area contributed by atoms with Crippen LogP contribution in [0.15, 0.2) is 42.0 Å². The largest absolute Gasteiger partial charge is 0.383 e. The monoisotopic (exact) mass is 467 g/mol. The van der Waals surface area contributed by atoms with E-state index in [0.29, 0.717) is 24.4 Å². The van der Waals surface area contributed by atoms with Crippen molar-refractivity contribution in [3.8, 4) is 11.3 Å². The van der Waals surface area contributed by atoms with E-state index in [9.17, 15) is 4.79 Å². The molecular formula is C23H25N5O2S2. The van der Waals surface area contributed by atoms with Gasteiger partial charge < -0.3 is 15.4 Å². The molecule has 3 heterocycles. The maximum absolute atomic E-state index is 12.9. The third kappa shape index (κ3) is 4.95. The second-order valence-corrected chi connectivity index (χ2v) is 9.40. The number of carbonyl (C=O) groups is 1. The van der Waals surface area contributed by atoms with Gasteiger partial charge in [0.15, 0.2) is 0 Å².